The molecular weight excluding hydrogens is 315 g/mol. The van der Waals surface area contributed by atoms with E-state index in [1.54, 1.807) is 31.2 Å². The molecule has 0 aromatic heterocycles. The summed E-state index contributed by atoms with van der Waals surface area (Å²) in [5, 5.41) is 0.444. The molecule has 7 heteroatoms. The average Bonchev–Trinajstić information content (AvgIpc) is 2.41. The topological polar surface area (TPSA) is 72.2 Å². The van der Waals surface area contributed by atoms with E-state index in [0.717, 1.165) is 12.1 Å². The van der Waals surface area contributed by atoms with Crippen LogP contribution < -0.4 is 10.5 Å². The summed E-state index contributed by atoms with van der Waals surface area (Å²) >= 11 is 6.03. The van der Waals surface area contributed by atoms with Crippen LogP contribution in [0, 0.1) is 5.82 Å². The van der Waals surface area contributed by atoms with Crippen molar-refractivity contribution < 1.29 is 12.8 Å². The predicted octanol–water partition coefficient (Wildman–Crippen LogP) is 3.10. The Hall–Kier alpha value is -1.63. The van der Waals surface area contributed by atoms with Crippen molar-refractivity contribution in [1.29, 1.82) is 0 Å². The van der Waals surface area contributed by atoms with Crippen molar-refractivity contribution in [3.63, 3.8) is 0 Å². The van der Waals surface area contributed by atoms with Gasteiger partial charge in [0.15, 0.2) is 0 Å². The Kier molecular flexibility index (Phi) is 4.51. The number of hydrogen-bond donors (Lipinski definition) is 2. The highest BCUT2D eigenvalue weighted by atomic mass is 35.5. The van der Waals surface area contributed by atoms with Crippen molar-refractivity contribution in [2.45, 2.75) is 17.9 Å². The zero-order valence-corrected chi connectivity index (χ0v) is 12.7. The average molecular weight is 329 g/mol. The van der Waals surface area contributed by atoms with E-state index < -0.39 is 21.9 Å². The maximum absolute atomic E-state index is 13.2. The number of halogens is 2. The Labute approximate surface area is 127 Å². The van der Waals surface area contributed by atoms with Crippen molar-refractivity contribution in [3.8, 4) is 0 Å². The molecule has 2 aromatic carbocycles. The van der Waals surface area contributed by atoms with Crippen LogP contribution in [0.5, 0.6) is 0 Å². The number of nitrogen functional groups attached to an aromatic ring is 1. The fourth-order valence-corrected chi connectivity index (χ4v) is 3.59. The SMILES string of the molecule is CC(NS(=O)(=O)c1cc(F)ccc1N)c1ccccc1Cl. The van der Waals surface area contributed by atoms with E-state index in [4.69, 9.17) is 17.3 Å². The molecule has 3 N–H and O–H groups in total. The van der Waals surface area contributed by atoms with Gasteiger partial charge < -0.3 is 5.73 Å². The second-order valence-electron chi connectivity index (χ2n) is 4.55. The maximum Gasteiger partial charge on any atom is 0.243 e. The van der Waals surface area contributed by atoms with Gasteiger partial charge in [0.2, 0.25) is 10.0 Å². The molecule has 0 aliphatic heterocycles. The summed E-state index contributed by atoms with van der Waals surface area (Å²) in [6.45, 7) is 1.65. The number of nitrogens with two attached hydrogens (primary N) is 1. The minimum atomic E-state index is -3.95. The zero-order chi connectivity index (χ0) is 15.6. The molecule has 4 nitrogen and oxygen atoms in total. The fourth-order valence-electron chi connectivity index (χ4n) is 1.93. The number of anilines is 1. The predicted molar refractivity (Wildman–Crippen MR) is 81.0 cm³/mol. The van der Waals surface area contributed by atoms with Gasteiger partial charge in [-0.3, -0.25) is 0 Å². The van der Waals surface area contributed by atoms with Gasteiger partial charge >= 0.3 is 0 Å². The summed E-state index contributed by atoms with van der Waals surface area (Å²) in [6.07, 6.45) is 0. The molecule has 2 aromatic rings. The molecule has 0 aliphatic rings. The van der Waals surface area contributed by atoms with E-state index in [0.29, 0.717) is 10.6 Å². The number of nitrogens with one attached hydrogen (secondary N) is 1. The molecule has 0 bridgehead atoms. The lowest BCUT2D eigenvalue weighted by Crippen LogP contribution is -2.27. The Morgan fingerprint density at radius 1 is 1.24 bits per heavy atom. The van der Waals surface area contributed by atoms with Gasteiger partial charge in [-0.25, -0.2) is 17.5 Å². The third-order valence-corrected chi connectivity index (χ3v) is 4.91. The van der Waals surface area contributed by atoms with Gasteiger partial charge in [-0.15, -0.1) is 0 Å². The molecule has 21 heavy (non-hydrogen) atoms. The summed E-state index contributed by atoms with van der Waals surface area (Å²) in [5.41, 5.74) is 6.21. The first-order valence-electron chi connectivity index (χ1n) is 6.13. The quantitative estimate of drug-likeness (QED) is 0.847. The summed E-state index contributed by atoms with van der Waals surface area (Å²) in [6, 6.07) is 9.50. The van der Waals surface area contributed by atoms with Crippen LogP contribution >= 0.6 is 11.6 Å². The van der Waals surface area contributed by atoms with Crippen molar-refractivity contribution in [2.75, 3.05) is 5.73 Å². The van der Waals surface area contributed by atoms with E-state index in [-0.39, 0.29) is 10.6 Å². The smallest absolute Gasteiger partial charge is 0.243 e. The van der Waals surface area contributed by atoms with Crippen molar-refractivity contribution in [1.82, 2.24) is 4.72 Å². The summed E-state index contributed by atoms with van der Waals surface area (Å²) in [4.78, 5) is -0.290. The molecule has 112 valence electrons. The van der Waals surface area contributed by atoms with Gasteiger partial charge in [0, 0.05) is 11.1 Å². The van der Waals surface area contributed by atoms with Crippen molar-refractivity contribution >= 4 is 27.3 Å². The highest BCUT2D eigenvalue weighted by molar-refractivity contribution is 7.89. The molecule has 0 heterocycles. The van der Waals surface area contributed by atoms with Crippen LogP contribution in [0.15, 0.2) is 47.4 Å². The van der Waals surface area contributed by atoms with Gasteiger partial charge in [0.05, 0.1) is 5.69 Å². The molecule has 2 rings (SSSR count). The number of benzene rings is 2. The van der Waals surface area contributed by atoms with E-state index in [9.17, 15) is 12.8 Å². The molecule has 0 amide bonds. The lowest BCUT2D eigenvalue weighted by Gasteiger charge is -2.16. The molecule has 0 fully saturated rings. The lowest BCUT2D eigenvalue weighted by molar-refractivity contribution is 0.564. The Balaban J connectivity index is 2.34. The van der Waals surface area contributed by atoms with Crippen LogP contribution in [-0.2, 0) is 10.0 Å². The van der Waals surface area contributed by atoms with E-state index in [2.05, 4.69) is 4.72 Å². The fraction of sp³-hybridized carbons (Fsp3) is 0.143. The van der Waals surface area contributed by atoms with E-state index in [1.807, 2.05) is 0 Å². The van der Waals surface area contributed by atoms with Crippen molar-refractivity contribution in [3.05, 3.63) is 58.9 Å². The zero-order valence-electron chi connectivity index (χ0n) is 11.2. The van der Waals surface area contributed by atoms with Crippen LogP contribution in [0.3, 0.4) is 0 Å². The number of hydrogen-bond acceptors (Lipinski definition) is 3. The molecule has 0 spiro atoms. The Morgan fingerprint density at radius 3 is 2.57 bits per heavy atom. The van der Waals surface area contributed by atoms with Gasteiger partial charge in [-0.1, -0.05) is 29.8 Å². The van der Waals surface area contributed by atoms with Gasteiger partial charge in [-0.2, -0.15) is 0 Å². The molecule has 0 saturated heterocycles. The third kappa shape index (κ3) is 3.53. The van der Waals surface area contributed by atoms with Crippen LogP contribution in [-0.4, -0.2) is 8.42 Å². The summed E-state index contributed by atoms with van der Waals surface area (Å²) < 4.78 is 40.3. The van der Waals surface area contributed by atoms with Crippen LogP contribution in [0.4, 0.5) is 10.1 Å². The highest BCUT2D eigenvalue weighted by Gasteiger charge is 2.22. The molecule has 0 radical (unpaired) electrons. The van der Waals surface area contributed by atoms with Gasteiger partial charge in [0.1, 0.15) is 10.7 Å². The van der Waals surface area contributed by atoms with Crippen LogP contribution in [0.2, 0.25) is 5.02 Å². The first-order chi connectivity index (χ1) is 9.81. The summed E-state index contributed by atoms with van der Waals surface area (Å²) in [5.74, 6) is -0.671. The minimum absolute atomic E-state index is 0.0183. The molecular formula is C14H14ClFN2O2S. The monoisotopic (exact) mass is 328 g/mol. The normalized spacial score (nSPS) is 13.1. The second-order valence-corrected chi connectivity index (χ2v) is 6.64. The standard InChI is InChI=1S/C14H14ClFN2O2S/c1-9(11-4-2-3-5-12(11)15)18-21(19,20)14-8-10(16)6-7-13(14)17/h2-9,18H,17H2,1H3. The lowest BCUT2D eigenvalue weighted by atomic mass is 10.1. The largest absolute Gasteiger partial charge is 0.398 e. The molecule has 1 unspecified atom stereocenters. The van der Waals surface area contributed by atoms with E-state index in [1.165, 1.54) is 6.07 Å². The van der Waals surface area contributed by atoms with Crippen LogP contribution in [0.1, 0.15) is 18.5 Å². The number of rotatable bonds is 4. The van der Waals surface area contributed by atoms with Crippen molar-refractivity contribution in [2.24, 2.45) is 0 Å². The van der Waals surface area contributed by atoms with Gasteiger partial charge in [0.25, 0.3) is 0 Å². The molecule has 0 aliphatic carbocycles. The number of sulfonamides is 1. The Morgan fingerprint density at radius 2 is 1.90 bits per heavy atom. The molecule has 1 atom stereocenters. The first kappa shape index (κ1) is 15.8. The third-order valence-electron chi connectivity index (χ3n) is 2.97. The highest BCUT2D eigenvalue weighted by Crippen LogP contribution is 2.25. The first-order valence-corrected chi connectivity index (χ1v) is 7.99. The Bertz CT molecular complexity index is 765. The second kappa shape index (κ2) is 6.01. The van der Waals surface area contributed by atoms with Gasteiger partial charge in [-0.05, 0) is 36.8 Å². The van der Waals surface area contributed by atoms with Crippen LogP contribution in [0.25, 0.3) is 0 Å². The summed E-state index contributed by atoms with van der Waals surface area (Å²) in [7, 11) is -3.95. The van der Waals surface area contributed by atoms with E-state index >= 15 is 0 Å². The maximum atomic E-state index is 13.2. The molecule has 0 saturated carbocycles. The minimum Gasteiger partial charge on any atom is -0.398 e.